The second kappa shape index (κ2) is 12.5. The number of hydrogen-bond acceptors (Lipinski definition) is 6. The summed E-state index contributed by atoms with van der Waals surface area (Å²) in [6, 6.07) is 13.9. The number of carbonyl (C=O) groups excluding carboxylic acids is 2. The maximum atomic E-state index is 13.6. The first-order chi connectivity index (χ1) is 18.8. The van der Waals surface area contributed by atoms with Gasteiger partial charge < -0.3 is 25.2 Å². The van der Waals surface area contributed by atoms with E-state index in [1.807, 2.05) is 37.3 Å². The van der Waals surface area contributed by atoms with Crippen molar-refractivity contribution in [3.05, 3.63) is 59.8 Å². The Morgan fingerprint density at radius 2 is 1.67 bits per heavy atom. The monoisotopic (exact) mass is 534 g/mol. The molecule has 1 saturated carbocycles. The molecular formula is C29H34N4O6. The van der Waals surface area contributed by atoms with Gasteiger partial charge in [0, 0.05) is 0 Å². The highest BCUT2D eigenvalue weighted by Gasteiger charge is 2.32. The first kappa shape index (κ1) is 27.7. The van der Waals surface area contributed by atoms with Gasteiger partial charge in [0.1, 0.15) is 24.1 Å². The van der Waals surface area contributed by atoms with E-state index >= 15 is 0 Å². The minimum absolute atomic E-state index is 0.0931. The third-order valence-corrected chi connectivity index (χ3v) is 7.01. The molecule has 4 rings (SSSR count). The van der Waals surface area contributed by atoms with E-state index in [0.717, 1.165) is 43.4 Å². The summed E-state index contributed by atoms with van der Waals surface area (Å²) in [5.74, 6) is -1.20. The molecule has 0 bridgehead atoms. The van der Waals surface area contributed by atoms with Crippen molar-refractivity contribution in [1.82, 2.24) is 20.4 Å². The first-order valence-electron chi connectivity index (χ1n) is 13.0. The number of amides is 2. The molecule has 1 unspecified atom stereocenters. The topological polar surface area (TPSA) is 132 Å². The number of carbonyl (C=O) groups is 3. The van der Waals surface area contributed by atoms with Crippen LogP contribution in [0.2, 0.25) is 0 Å². The van der Waals surface area contributed by atoms with Gasteiger partial charge in [-0.3, -0.25) is 14.4 Å². The van der Waals surface area contributed by atoms with Crippen LogP contribution < -0.4 is 20.1 Å². The fraction of sp³-hybridized carbons (Fsp3) is 0.379. The number of nitrogens with one attached hydrogen (secondary N) is 2. The summed E-state index contributed by atoms with van der Waals surface area (Å²) in [5.41, 5.74) is 3.10. The number of aryl methyl sites for hydroxylation is 1. The van der Waals surface area contributed by atoms with Gasteiger partial charge in [0.2, 0.25) is 5.91 Å². The highest BCUT2D eigenvalue weighted by molar-refractivity contribution is 5.98. The van der Waals surface area contributed by atoms with E-state index < -0.39 is 30.4 Å². The molecule has 3 N–H and O–H groups in total. The average molecular weight is 535 g/mol. The maximum Gasteiger partial charge on any atom is 0.322 e. The molecule has 0 spiro atoms. The molecule has 10 nitrogen and oxygen atoms in total. The minimum atomic E-state index is -1.15. The molecule has 0 aliphatic heterocycles. The molecule has 39 heavy (non-hydrogen) atoms. The molecule has 10 heteroatoms. The lowest BCUT2D eigenvalue weighted by molar-refractivity contribution is -0.138. The second-order valence-corrected chi connectivity index (χ2v) is 9.66. The van der Waals surface area contributed by atoms with Gasteiger partial charge in [0.05, 0.1) is 31.2 Å². The van der Waals surface area contributed by atoms with E-state index in [9.17, 15) is 14.4 Å². The molecule has 1 heterocycles. The summed E-state index contributed by atoms with van der Waals surface area (Å²) in [6.07, 6.45) is 4.50. The summed E-state index contributed by atoms with van der Waals surface area (Å²) in [7, 11) is 3.12. The van der Waals surface area contributed by atoms with Crippen molar-refractivity contribution in [2.75, 3.05) is 20.8 Å². The average Bonchev–Trinajstić information content (AvgIpc) is 3.40. The lowest BCUT2D eigenvalue weighted by Crippen LogP contribution is -2.52. The number of hydrogen-bond donors (Lipinski definition) is 3. The van der Waals surface area contributed by atoms with E-state index in [-0.39, 0.29) is 11.6 Å². The Morgan fingerprint density at radius 3 is 2.26 bits per heavy atom. The van der Waals surface area contributed by atoms with Crippen molar-refractivity contribution in [3.8, 4) is 28.4 Å². The molecule has 1 fully saturated rings. The quantitative estimate of drug-likeness (QED) is 0.361. The van der Waals surface area contributed by atoms with Gasteiger partial charge in [-0.1, -0.05) is 43.0 Å². The fourth-order valence-corrected chi connectivity index (χ4v) is 5.01. The van der Waals surface area contributed by atoms with Crippen LogP contribution in [0, 0.1) is 12.8 Å². The summed E-state index contributed by atoms with van der Waals surface area (Å²) in [5, 5.41) is 19.0. The molecule has 2 amide bonds. The Labute approximate surface area is 227 Å². The van der Waals surface area contributed by atoms with Gasteiger partial charge in [-0.25, -0.2) is 4.68 Å². The van der Waals surface area contributed by atoms with E-state index in [1.54, 1.807) is 37.1 Å². The Bertz CT molecular complexity index is 1310. The number of methoxy groups -OCH3 is 2. The standard InChI is InChI=1S/C29H34N4O6/c1-18-12-14-20(15-13-18)33-22(26-23(38-2)10-7-11-24(26)39-3)16-21(32-33)28(36)31-27(19-8-5-4-6-9-19)29(37)30-17-25(34)35/h7,10-16,19,27H,4-6,8-9,17H2,1-3H3,(H,30,37)(H,31,36)(H,34,35). The second-order valence-electron chi connectivity index (χ2n) is 9.66. The zero-order valence-corrected chi connectivity index (χ0v) is 22.4. The van der Waals surface area contributed by atoms with Gasteiger partial charge in [0.25, 0.3) is 5.91 Å². The van der Waals surface area contributed by atoms with Crippen molar-refractivity contribution in [1.29, 1.82) is 0 Å². The van der Waals surface area contributed by atoms with Crippen molar-refractivity contribution in [3.63, 3.8) is 0 Å². The summed E-state index contributed by atoms with van der Waals surface area (Å²) in [4.78, 5) is 37.6. The maximum absolute atomic E-state index is 13.6. The van der Waals surface area contributed by atoms with Crippen LogP contribution in [0.15, 0.2) is 48.5 Å². The van der Waals surface area contributed by atoms with Crippen LogP contribution in [-0.2, 0) is 9.59 Å². The first-order valence-corrected chi connectivity index (χ1v) is 13.0. The summed E-state index contributed by atoms with van der Waals surface area (Å²) in [6.45, 7) is 1.47. The van der Waals surface area contributed by atoms with E-state index in [0.29, 0.717) is 22.8 Å². The molecule has 2 aromatic carbocycles. The SMILES string of the molecule is COc1cccc(OC)c1-c1cc(C(=O)NC(C(=O)NCC(=O)O)C2CCCCC2)nn1-c1ccc(C)cc1. The van der Waals surface area contributed by atoms with Crippen LogP contribution in [0.1, 0.15) is 48.2 Å². The molecule has 0 radical (unpaired) electrons. The zero-order valence-electron chi connectivity index (χ0n) is 22.4. The number of carboxylic acids is 1. The number of ether oxygens (including phenoxy) is 2. The zero-order chi connectivity index (χ0) is 27.9. The van der Waals surface area contributed by atoms with E-state index in [4.69, 9.17) is 14.6 Å². The third kappa shape index (κ3) is 6.39. The van der Waals surface area contributed by atoms with E-state index in [2.05, 4.69) is 15.7 Å². The Hall–Kier alpha value is -4.34. The summed E-state index contributed by atoms with van der Waals surface area (Å²) >= 11 is 0. The van der Waals surface area contributed by atoms with Crippen LogP contribution >= 0.6 is 0 Å². The molecule has 0 saturated heterocycles. The van der Waals surface area contributed by atoms with Crippen molar-refractivity contribution in [2.45, 2.75) is 45.1 Å². The van der Waals surface area contributed by atoms with Crippen LogP contribution in [0.4, 0.5) is 0 Å². The molecule has 3 aromatic rings. The largest absolute Gasteiger partial charge is 0.496 e. The highest BCUT2D eigenvalue weighted by atomic mass is 16.5. The molecule has 1 atom stereocenters. The molecule has 1 aliphatic rings. The number of nitrogens with zero attached hydrogens (tertiary/aromatic N) is 2. The number of aliphatic carboxylic acids is 1. The van der Waals surface area contributed by atoms with E-state index in [1.165, 1.54) is 0 Å². The smallest absolute Gasteiger partial charge is 0.322 e. The number of carboxylic acid groups (broad SMARTS) is 1. The van der Waals surface area contributed by atoms with Crippen molar-refractivity contribution in [2.24, 2.45) is 5.92 Å². The van der Waals surface area contributed by atoms with Crippen LogP contribution in [0.5, 0.6) is 11.5 Å². The Kier molecular flexibility index (Phi) is 8.85. The van der Waals surface area contributed by atoms with Gasteiger partial charge in [-0.15, -0.1) is 0 Å². The molecule has 1 aromatic heterocycles. The molecular weight excluding hydrogens is 500 g/mol. The van der Waals surface area contributed by atoms with Crippen LogP contribution in [0.25, 0.3) is 16.9 Å². The normalized spacial score (nSPS) is 14.3. The molecule has 1 aliphatic carbocycles. The van der Waals surface area contributed by atoms with Gasteiger partial charge >= 0.3 is 5.97 Å². The third-order valence-electron chi connectivity index (χ3n) is 7.01. The van der Waals surface area contributed by atoms with Crippen LogP contribution in [0.3, 0.4) is 0 Å². The lowest BCUT2D eigenvalue weighted by atomic mass is 9.83. The summed E-state index contributed by atoms with van der Waals surface area (Å²) < 4.78 is 12.9. The highest BCUT2D eigenvalue weighted by Crippen LogP contribution is 2.39. The van der Waals surface area contributed by atoms with Gasteiger partial charge in [0.15, 0.2) is 5.69 Å². The Balaban J connectivity index is 1.74. The fourth-order valence-electron chi connectivity index (χ4n) is 5.01. The van der Waals surface area contributed by atoms with Crippen LogP contribution in [-0.4, -0.2) is 59.5 Å². The van der Waals surface area contributed by atoms with Gasteiger partial charge in [-0.05, 0) is 56.0 Å². The lowest BCUT2D eigenvalue weighted by Gasteiger charge is -2.29. The van der Waals surface area contributed by atoms with Gasteiger partial charge in [-0.2, -0.15) is 5.10 Å². The Morgan fingerprint density at radius 1 is 1.03 bits per heavy atom. The number of aromatic nitrogens is 2. The molecule has 206 valence electrons. The predicted molar refractivity (Wildman–Crippen MR) is 145 cm³/mol. The van der Waals surface area contributed by atoms with Crippen molar-refractivity contribution < 1.29 is 29.0 Å². The predicted octanol–water partition coefficient (Wildman–Crippen LogP) is 3.74. The number of rotatable bonds is 10. The minimum Gasteiger partial charge on any atom is -0.496 e. The van der Waals surface area contributed by atoms with Crippen molar-refractivity contribution >= 4 is 17.8 Å². The number of benzene rings is 2.